The van der Waals surface area contributed by atoms with E-state index in [1.165, 1.54) is 6.07 Å². The van der Waals surface area contributed by atoms with Gasteiger partial charge >= 0.3 is 0 Å². The first kappa shape index (κ1) is 10.9. The van der Waals surface area contributed by atoms with E-state index in [0.29, 0.717) is 37.6 Å². The van der Waals surface area contributed by atoms with Crippen molar-refractivity contribution in [2.45, 2.75) is 0 Å². The van der Waals surface area contributed by atoms with Crippen LogP contribution < -0.4 is 4.90 Å². The highest BCUT2D eigenvalue weighted by Gasteiger charge is 2.14. The molecule has 0 saturated carbocycles. The van der Waals surface area contributed by atoms with E-state index >= 15 is 0 Å². The molecular formula is C11H12FN2O2-. The molecule has 0 N–H and O–H groups in total. The number of morpholine rings is 1. The minimum Gasteiger partial charge on any atom is -0.792 e. The van der Waals surface area contributed by atoms with Gasteiger partial charge in [-0.05, 0) is 17.7 Å². The summed E-state index contributed by atoms with van der Waals surface area (Å²) in [7, 11) is 0. The van der Waals surface area contributed by atoms with Crippen LogP contribution in [0.5, 0.6) is 0 Å². The van der Waals surface area contributed by atoms with Gasteiger partial charge in [0.2, 0.25) is 0 Å². The number of rotatable bonds is 2. The van der Waals surface area contributed by atoms with E-state index in [1.54, 1.807) is 12.1 Å². The van der Waals surface area contributed by atoms with Crippen LogP contribution in [0.3, 0.4) is 0 Å². The zero-order valence-corrected chi connectivity index (χ0v) is 8.73. The fourth-order valence-electron chi connectivity index (χ4n) is 1.73. The Morgan fingerprint density at radius 2 is 2.12 bits per heavy atom. The topological polar surface area (TPSA) is 47.9 Å². The molecule has 1 aliphatic rings. The fraction of sp³-hybridized carbons (Fsp3) is 0.364. The zero-order chi connectivity index (χ0) is 11.4. The molecule has 0 aromatic heterocycles. The number of hydrogen-bond acceptors (Lipinski definition) is 4. The second kappa shape index (κ2) is 4.94. The third-order valence-electron chi connectivity index (χ3n) is 2.53. The quantitative estimate of drug-likeness (QED) is 0.565. The third-order valence-corrected chi connectivity index (χ3v) is 2.53. The molecule has 0 bridgehead atoms. The number of nitrogens with zero attached hydrogens (tertiary/aromatic N) is 2. The molecule has 0 spiro atoms. The minimum atomic E-state index is -0.334. The lowest BCUT2D eigenvalue weighted by Gasteiger charge is -2.29. The Balaban J connectivity index is 2.21. The number of anilines is 1. The Labute approximate surface area is 92.9 Å². The van der Waals surface area contributed by atoms with Crippen LogP contribution in [0.25, 0.3) is 0 Å². The van der Waals surface area contributed by atoms with Crippen molar-refractivity contribution in [3.05, 3.63) is 34.8 Å². The Morgan fingerprint density at radius 1 is 1.38 bits per heavy atom. The molecule has 1 aromatic carbocycles. The zero-order valence-electron chi connectivity index (χ0n) is 8.73. The molecule has 0 radical (unpaired) electrons. The first-order chi connectivity index (χ1) is 7.81. The van der Waals surface area contributed by atoms with Crippen molar-refractivity contribution in [1.82, 2.24) is 0 Å². The van der Waals surface area contributed by atoms with Gasteiger partial charge in [0.05, 0.1) is 18.9 Å². The number of halogens is 1. The van der Waals surface area contributed by atoms with Crippen LogP contribution >= 0.6 is 0 Å². The van der Waals surface area contributed by atoms with E-state index in [1.807, 2.05) is 4.90 Å². The summed E-state index contributed by atoms with van der Waals surface area (Å²) in [5.41, 5.74) is 1.02. The molecule has 1 heterocycles. The summed E-state index contributed by atoms with van der Waals surface area (Å²) in [6, 6.07) is 4.65. The number of hydrogen-bond donors (Lipinski definition) is 0. The third kappa shape index (κ3) is 2.30. The summed E-state index contributed by atoms with van der Waals surface area (Å²) in [5.74, 6) is -0.334. The lowest BCUT2D eigenvalue weighted by molar-refractivity contribution is 0.122. The number of benzene rings is 1. The predicted octanol–water partition coefficient (Wildman–Crippen LogP) is 1.58. The maximum atomic E-state index is 13.7. The number of ether oxygens (including phenoxy) is 1. The highest BCUT2D eigenvalue weighted by molar-refractivity contribution is 5.80. The summed E-state index contributed by atoms with van der Waals surface area (Å²) in [4.78, 5) is 1.93. The molecule has 0 aliphatic carbocycles. The van der Waals surface area contributed by atoms with Crippen LogP contribution in [0.15, 0.2) is 23.4 Å². The summed E-state index contributed by atoms with van der Waals surface area (Å²) in [5, 5.41) is 12.6. The highest BCUT2D eigenvalue weighted by Crippen LogP contribution is 2.20. The SMILES string of the molecule is [O-]/N=C/c1ccc(N2CCOCC2)c(F)c1. The molecule has 86 valence electrons. The van der Waals surface area contributed by atoms with E-state index in [0.717, 1.165) is 6.21 Å². The van der Waals surface area contributed by atoms with Crippen molar-refractivity contribution in [3.63, 3.8) is 0 Å². The summed E-state index contributed by atoms with van der Waals surface area (Å²) in [6.45, 7) is 2.60. The van der Waals surface area contributed by atoms with Crippen molar-refractivity contribution in [2.75, 3.05) is 31.2 Å². The van der Waals surface area contributed by atoms with Gasteiger partial charge in [-0.15, -0.1) is 0 Å². The molecule has 16 heavy (non-hydrogen) atoms. The fourth-order valence-corrected chi connectivity index (χ4v) is 1.73. The van der Waals surface area contributed by atoms with E-state index in [4.69, 9.17) is 4.74 Å². The van der Waals surface area contributed by atoms with E-state index in [9.17, 15) is 9.60 Å². The van der Waals surface area contributed by atoms with Gasteiger partial charge in [0, 0.05) is 19.3 Å². The van der Waals surface area contributed by atoms with Crippen LogP contribution in [0.2, 0.25) is 0 Å². The molecule has 0 unspecified atom stereocenters. The Bertz CT molecular complexity index is 390. The van der Waals surface area contributed by atoms with E-state index < -0.39 is 0 Å². The van der Waals surface area contributed by atoms with Crippen LogP contribution in [0, 0.1) is 11.0 Å². The Morgan fingerprint density at radius 3 is 2.75 bits per heavy atom. The molecule has 1 aliphatic heterocycles. The highest BCUT2D eigenvalue weighted by atomic mass is 19.1. The monoisotopic (exact) mass is 223 g/mol. The molecule has 1 aromatic rings. The first-order valence-electron chi connectivity index (χ1n) is 5.09. The van der Waals surface area contributed by atoms with Crippen molar-refractivity contribution in [3.8, 4) is 0 Å². The summed E-state index contributed by atoms with van der Waals surface area (Å²) >= 11 is 0. The molecular weight excluding hydrogens is 211 g/mol. The average molecular weight is 223 g/mol. The standard InChI is InChI=1S/C11H13FN2O2/c12-10-7-9(8-13-15)1-2-11(10)14-3-5-16-6-4-14/h1-2,7-8,15H,3-6H2/p-1/b13-8+. The van der Waals surface area contributed by atoms with Crippen LogP contribution in [0.4, 0.5) is 10.1 Å². The molecule has 1 saturated heterocycles. The van der Waals surface area contributed by atoms with Gasteiger partial charge in [0.15, 0.2) is 0 Å². The minimum absolute atomic E-state index is 0.334. The van der Waals surface area contributed by atoms with Crippen molar-refractivity contribution < 1.29 is 9.13 Å². The molecule has 0 amide bonds. The maximum absolute atomic E-state index is 13.7. The van der Waals surface area contributed by atoms with Crippen molar-refractivity contribution in [1.29, 1.82) is 0 Å². The second-order valence-corrected chi connectivity index (χ2v) is 3.54. The van der Waals surface area contributed by atoms with E-state index in [2.05, 4.69) is 5.16 Å². The Hall–Kier alpha value is -1.62. The average Bonchev–Trinajstić information content (AvgIpc) is 2.31. The first-order valence-corrected chi connectivity index (χ1v) is 5.09. The van der Waals surface area contributed by atoms with Gasteiger partial charge in [-0.25, -0.2) is 4.39 Å². The largest absolute Gasteiger partial charge is 0.792 e. The van der Waals surface area contributed by atoms with Gasteiger partial charge in [0.25, 0.3) is 0 Å². The normalized spacial score (nSPS) is 16.9. The van der Waals surface area contributed by atoms with Crippen molar-refractivity contribution >= 4 is 11.9 Å². The molecule has 5 heteroatoms. The van der Waals surface area contributed by atoms with Crippen molar-refractivity contribution in [2.24, 2.45) is 5.16 Å². The van der Waals surface area contributed by atoms with Crippen LogP contribution in [-0.4, -0.2) is 32.5 Å². The Kier molecular flexibility index (Phi) is 3.36. The molecule has 2 rings (SSSR count). The van der Waals surface area contributed by atoms with E-state index in [-0.39, 0.29) is 5.82 Å². The van der Waals surface area contributed by atoms with Gasteiger partial charge < -0.3 is 20.0 Å². The molecule has 4 nitrogen and oxygen atoms in total. The smallest absolute Gasteiger partial charge is 0.147 e. The van der Waals surface area contributed by atoms with Gasteiger partial charge in [-0.2, -0.15) is 0 Å². The lowest BCUT2D eigenvalue weighted by atomic mass is 10.2. The van der Waals surface area contributed by atoms with Gasteiger partial charge in [0.1, 0.15) is 5.82 Å². The molecule has 1 fully saturated rings. The summed E-state index contributed by atoms with van der Waals surface area (Å²) < 4.78 is 18.9. The van der Waals surface area contributed by atoms with Gasteiger partial charge in [-0.1, -0.05) is 6.07 Å². The van der Waals surface area contributed by atoms with Crippen LogP contribution in [-0.2, 0) is 4.74 Å². The molecule has 0 atom stereocenters. The van der Waals surface area contributed by atoms with Crippen LogP contribution in [0.1, 0.15) is 5.56 Å². The predicted molar refractivity (Wildman–Crippen MR) is 60.4 cm³/mol. The maximum Gasteiger partial charge on any atom is 0.147 e. The lowest BCUT2D eigenvalue weighted by Crippen LogP contribution is -2.36. The summed E-state index contributed by atoms with van der Waals surface area (Å²) in [6.07, 6.45) is 1.09. The second-order valence-electron chi connectivity index (χ2n) is 3.54. The van der Waals surface area contributed by atoms with Gasteiger partial charge in [-0.3, -0.25) is 0 Å².